The SMILES string of the molecule is COC(=O)c1cc(N2C[C@H](C)O[C@@H](C)C2)ncn1. The number of carbonyl (C=O) groups is 1. The predicted molar refractivity (Wildman–Crippen MR) is 65.6 cm³/mol. The summed E-state index contributed by atoms with van der Waals surface area (Å²) in [5.41, 5.74) is 0.272. The standard InChI is InChI=1S/C12H17N3O3/c1-8-5-15(6-9(2)18-8)11-4-10(12(16)17-3)13-7-14-11/h4,7-9H,5-6H2,1-3H3/t8-,9-/m0/s1. The van der Waals surface area contributed by atoms with Crippen LogP contribution in [0.25, 0.3) is 0 Å². The Balaban J connectivity index is 2.20. The third kappa shape index (κ3) is 2.76. The van der Waals surface area contributed by atoms with E-state index < -0.39 is 5.97 Å². The van der Waals surface area contributed by atoms with Crippen LogP contribution in [0, 0.1) is 0 Å². The molecular weight excluding hydrogens is 234 g/mol. The predicted octanol–water partition coefficient (Wildman–Crippen LogP) is 0.877. The molecule has 1 aromatic rings. The van der Waals surface area contributed by atoms with E-state index in [0.29, 0.717) is 0 Å². The van der Waals surface area contributed by atoms with Gasteiger partial charge in [-0.25, -0.2) is 14.8 Å². The Kier molecular flexibility index (Phi) is 3.76. The first kappa shape index (κ1) is 12.8. The second-order valence-electron chi connectivity index (χ2n) is 4.42. The number of hydrogen-bond acceptors (Lipinski definition) is 6. The Morgan fingerprint density at radius 3 is 2.67 bits per heavy atom. The van der Waals surface area contributed by atoms with Gasteiger partial charge in [0.1, 0.15) is 12.1 Å². The van der Waals surface area contributed by atoms with Gasteiger partial charge in [0.2, 0.25) is 0 Å². The van der Waals surface area contributed by atoms with Crippen molar-refractivity contribution in [3.05, 3.63) is 18.1 Å². The summed E-state index contributed by atoms with van der Waals surface area (Å²) in [5, 5.41) is 0. The number of nitrogens with zero attached hydrogens (tertiary/aromatic N) is 3. The summed E-state index contributed by atoms with van der Waals surface area (Å²) >= 11 is 0. The van der Waals surface area contributed by atoms with Gasteiger partial charge in [-0.2, -0.15) is 0 Å². The van der Waals surface area contributed by atoms with Crippen molar-refractivity contribution in [2.24, 2.45) is 0 Å². The number of aromatic nitrogens is 2. The molecule has 1 aromatic heterocycles. The van der Waals surface area contributed by atoms with Gasteiger partial charge >= 0.3 is 5.97 Å². The number of anilines is 1. The van der Waals surface area contributed by atoms with Gasteiger partial charge in [0.05, 0.1) is 19.3 Å². The maximum Gasteiger partial charge on any atom is 0.356 e. The van der Waals surface area contributed by atoms with Crippen LogP contribution in [0.3, 0.4) is 0 Å². The van der Waals surface area contributed by atoms with Crippen LogP contribution in [0.4, 0.5) is 5.82 Å². The van der Waals surface area contributed by atoms with E-state index >= 15 is 0 Å². The summed E-state index contributed by atoms with van der Waals surface area (Å²) in [6.45, 7) is 5.54. The minimum Gasteiger partial charge on any atom is -0.464 e. The molecular formula is C12H17N3O3. The topological polar surface area (TPSA) is 64.5 Å². The lowest BCUT2D eigenvalue weighted by Gasteiger charge is -2.36. The second-order valence-corrected chi connectivity index (χ2v) is 4.42. The molecule has 0 amide bonds. The maximum absolute atomic E-state index is 11.4. The molecule has 0 N–H and O–H groups in total. The quantitative estimate of drug-likeness (QED) is 0.727. The summed E-state index contributed by atoms with van der Waals surface area (Å²) in [6, 6.07) is 1.65. The van der Waals surface area contributed by atoms with E-state index in [0.717, 1.165) is 18.9 Å². The van der Waals surface area contributed by atoms with Gasteiger partial charge < -0.3 is 14.4 Å². The highest BCUT2D eigenvalue weighted by Gasteiger charge is 2.23. The third-order valence-electron chi connectivity index (χ3n) is 2.79. The lowest BCUT2D eigenvalue weighted by atomic mass is 10.2. The monoisotopic (exact) mass is 251 g/mol. The summed E-state index contributed by atoms with van der Waals surface area (Å²) in [7, 11) is 1.34. The lowest BCUT2D eigenvalue weighted by Crippen LogP contribution is -2.45. The molecule has 1 aliphatic rings. The largest absolute Gasteiger partial charge is 0.464 e. The zero-order valence-electron chi connectivity index (χ0n) is 10.8. The van der Waals surface area contributed by atoms with E-state index in [2.05, 4.69) is 19.6 Å². The van der Waals surface area contributed by atoms with Crippen molar-refractivity contribution in [3.63, 3.8) is 0 Å². The molecule has 0 aliphatic carbocycles. The van der Waals surface area contributed by atoms with E-state index in [1.807, 2.05) is 13.8 Å². The van der Waals surface area contributed by atoms with Crippen molar-refractivity contribution in [1.29, 1.82) is 0 Å². The van der Waals surface area contributed by atoms with Gasteiger partial charge in [0.15, 0.2) is 5.69 Å². The van der Waals surface area contributed by atoms with E-state index in [4.69, 9.17) is 4.74 Å². The molecule has 0 aromatic carbocycles. The van der Waals surface area contributed by atoms with Crippen LogP contribution in [-0.2, 0) is 9.47 Å². The molecule has 6 heteroatoms. The van der Waals surface area contributed by atoms with Crippen molar-refractivity contribution in [2.75, 3.05) is 25.1 Å². The molecule has 2 atom stereocenters. The number of esters is 1. The molecule has 1 fully saturated rings. The third-order valence-corrected chi connectivity index (χ3v) is 2.79. The fraction of sp³-hybridized carbons (Fsp3) is 0.583. The smallest absolute Gasteiger partial charge is 0.356 e. The highest BCUT2D eigenvalue weighted by molar-refractivity contribution is 5.87. The number of carbonyl (C=O) groups excluding carboxylic acids is 1. The fourth-order valence-electron chi connectivity index (χ4n) is 2.10. The van der Waals surface area contributed by atoms with Gasteiger partial charge in [0, 0.05) is 19.2 Å². The normalized spacial score (nSPS) is 23.8. The molecule has 1 saturated heterocycles. The van der Waals surface area contributed by atoms with E-state index in [9.17, 15) is 4.79 Å². The van der Waals surface area contributed by atoms with E-state index in [-0.39, 0.29) is 17.9 Å². The molecule has 0 radical (unpaired) electrons. The van der Waals surface area contributed by atoms with Crippen LogP contribution in [0.1, 0.15) is 24.3 Å². The molecule has 6 nitrogen and oxygen atoms in total. The zero-order chi connectivity index (χ0) is 13.1. The van der Waals surface area contributed by atoms with Gasteiger partial charge in [-0.1, -0.05) is 0 Å². The minimum atomic E-state index is -0.451. The number of rotatable bonds is 2. The first-order chi connectivity index (χ1) is 8.60. The molecule has 0 bridgehead atoms. The molecule has 0 saturated carbocycles. The molecule has 0 spiro atoms. The van der Waals surface area contributed by atoms with Gasteiger partial charge in [-0.3, -0.25) is 0 Å². The van der Waals surface area contributed by atoms with Gasteiger partial charge in [-0.05, 0) is 13.8 Å². The molecule has 2 rings (SSSR count). The van der Waals surface area contributed by atoms with E-state index in [1.54, 1.807) is 6.07 Å². The van der Waals surface area contributed by atoms with E-state index in [1.165, 1.54) is 13.4 Å². The van der Waals surface area contributed by atoms with Gasteiger partial charge in [-0.15, -0.1) is 0 Å². The van der Waals surface area contributed by atoms with Crippen molar-refractivity contribution in [3.8, 4) is 0 Å². The molecule has 98 valence electrons. The average Bonchev–Trinajstić information content (AvgIpc) is 2.37. The van der Waals surface area contributed by atoms with Crippen LogP contribution in [0.15, 0.2) is 12.4 Å². The minimum absolute atomic E-state index is 0.144. The van der Waals surface area contributed by atoms with Crippen molar-refractivity contribution >= 4 is 11.8 Å². The highest BCUT2D eigenvalue weighted by atomic mass is 16.5. The molecule has 2 heterocycles. The van der Waals surface area contributed by atoms with Gasteiger partial charge in [0.25, 0.3) is 0 Å². The summed E-state index contributed by atoms with van der Waals surface area (Å²) in [6.07, 6.45) is 1.67. The summed E-state index contributed by atoms with van der Waals surface area (Å²) in [4.78, 5) is 21.6. The number of morpholine rings is 1. The number of methoxy groups -OCH3 is 1. The lowest BCUT2D eigenvalue weighted by molar-refractivity contribution is -0.00546. The van der Waals surface area contributed by atoms with Crippen molar-refractivity contribution in [1.82, 2.24) is 9.97 Å². The Hall–Kier alpha value is -1.69. The van der Waals surface area contributed by atoms with Crippen molar-refractivity contribution < 1.29 is 14.3 Å². The second kappa shape index (κ2) is 5.30. The first-order valence-corrected chi connectivity index (χ1v) is 5.91. The summed E-state index contributed by atoms with van der Waals surface area (Å²) in [5.74, 6) is 0.278. The fourth-order valence-corrected chi connectivity index (χ4v) is 2.10. The number of ether oxygens (including phenoxy) is 2. The highest BCUT2D eigenvalue weighted by Crippen LogP contribution is 2.18. The molecule has 0 unspecified atom stereocenters. The Bertz CT molecular complexity index is 428. The zero-order valence-corrected chi connectivity index (χ0v) is 10.8. The van der Waals surface area contributed by atoms with Crippen LogP contribution >= 0.6 is 0 Å². The van der Waals surface area contributed by atoms with Crippen LogP contribution in [-0.4, -0.2) is 48.3 Å². The Labute approximate surface area is 106 Å². The summed E-state index contributed by atoms with van der Waals surface area (Å²) < 4.78 is 10.3. The van der Waals surface area contributed by atoms with Crippen LogP contribution < -0.4 is 4.90 Å². The number of hydrogen-bond donors (Lipinski definition) is 0. The first-order valence-electron chi connectivity index (χ1n) is 5.91. The Morgan fingerprint density at radius 2 is 2.06 bits per heavy atom. The van der Waals surface area contributed by atoms with Crippen molar-refractivity contribution in [2.45, 2.75) is 26.1 Å². The molecule has 18 heavy (non-hydrogen) atoms. The molecule has 1 aliphatic heterocycles. The van der Waals surface area contributed by atoms with Crippen LogP contribution in [0.2, 0.25) is 0 Å². The Morgan fingerprint density at radius 1 is 1.39 bits per heavy atom. The van der Waals surface area contributed by atoms with Crippen LogP contribution in [0.5, 0.6) is 0 Å². The average molecular weight is 251 g/mol. The maximum atomic E-state index is 11.4.